The molecule has 3 aromatic rings. The number of nitrogens with two attached hydrogens (primary N) is 1. The van der Waals surface area contributed by atoms with Crippen LogP contribution in [-0.2, 0) is 0 Å². The highest BCUT2D eigenvalue weighted by Crippen LogP contribution is 2.31. The van der Waals surface area contributed by atoms with Crippen molar-refractivity contribution >= 4 is 39.7 Å². The third-order valence-electron chi connectivity index (χ3n) is 5.78. The number of anilines is 3. The van der Waals surface area contributed by atoms with Crippen molar-refractivity contribution in [3.8, 4) is 0 Å². The molecule has 2 aromatic carbocycles. The maximum absolute atomic E-state index is 14.0. The number of ketones is 1. The lowest BCUT2D eigenvalue weighted by molar-refractivity contribution is 0.0388. The van der Waals surface area contributed by atoms with Crippen LogP contribution in [0.3, 0.4) is 0 Å². The van der Waals surface area contributed by atoms with Gasteiger partial charge in [-0.2, -0.15) is 0 Å². The summed E-state index contributed by atoms with van der Waals surface area (Å²) in [5, 5.41) is 10.8. The van der Waals surface area contributed by atoms with Crippen molar-refractivity contribution < 1.29 is 18.4 Å². The van der Waals surface area contributed by atoms with E-state index < -0.39 is 23.0 Å². The number of rotatable bonds is 8. The fraction of sp³-hybridized carbons (Fsp3) is 0.292. The minimum Gasteiger partial charge on any atom is -0.382 e. The highest BCUT2D eigenvalue weighted by molar-refractivity contribution is 7.18. The van der Waals surface area contributed by atoms with E-state index in [4.69, 9.17) is 5.73 Å². The number of nitrogen functional groups attached to an aromatic ring is 1. The van der Waals surface area contributed by atoms with Gasteiger partial charge in [0, 0.05) is 37.4 Å². The second-order valence-electron chi connectivity index (χ2n) is 8.04. The molecule has 184 valence electrons. The molecular formula is C24H26F2N6O2S. The average Bonchev–Trinajstić information content (AvgIpc) is 3.41. The molecular weight excluding hydrogens is 474 g/mol. The summed E-state index contributed by atoms with van der Waals surface area (Å²) < 4.78 is 28.0. The maximum Gasteiger partial charge on any atom is 0.251 e. The lowest BCUT2D eigenvalue weighted by Crippen LogP contribution is -2.38. The van der Waals surface area contributed by atoms with Crippen molar-refractivity contribution in [2.24, 2.45) is 0 Å². The van der Waals surface area contributed by atoms with E-state index in [1.54, 1.807) is 24.3 Å². The van der Waals surface area contributed by atoms with Crippen molar-refractivity contribution in [1.29, 1.82) is 0 Å². The first-order valence-corrected chi connectivity index (χ1v) is 12.0. The molecule has 4 rings (SSSR count). The lowest BCUT2D eigenvalue weighted by Gasteiger charge is -2.24. The topological polar surface area (TPSA) is 104 Å². The van der Waals surface area contributed by atoms with Crippen molar-refractivity contribution in [1.82, 2.24) is 20.3 Å². The molecule has 1 aliphatic rings. The summed E-state index contributed by atoms with van der Waals surface area (Å²) in [5.74, 6) is -3.08. The molecule has 1 fully saturated rings. The Morgan fingerprint density at radius 2 is 1.66 bits per heavy atom. The smallest absolute Gasteiger partial charge is 0.251 e. The number of hydrazine groups is 1. The number of carbonyl (C=O) groups is 2. The second-order valence-corrected chi connectivity index (χ2v) is 9.04. The SMILES string of the molecule is CCN1CC(NC(=O)c2ccc(Nc3nc(N)c(C(=O)c4c(F)cccc4F)s3)cc2)CN1CC. The molecule has 8 nitrogen and oxygen atoms in total. The van der Waals surface area contributed by atoms with Crippen LogP contribution in [0.5, 0.6) is 0 Å². The van der Waals surface area contributed by atoms with E-state index in [-0.39, 0.29) is 27.8 Å². The summed E-state index contributed by atoms with van der Waals surface area (Å²) in [6, 6.07) is 10.0. The van der Waals surface area contributed by atoms with Crippen LogP contribution >= 0.6 is 11.3 Å². The zero-order valence-corrected chi connectivity index (χ0v) is 20.2. The summed E-state index contributed by atoms with van der Waals surface area (Å²) >= 11 is 0.892. The molecule has 0 aliphatic carbocycles. The molecule has 0 unspecified atom stereocenters. The number of hydrogen-bond donors (Lipinski definition) is 3. The molecule has 1 aromatic heterocycles. The lowest BCUT2D eigenvalue weighted by atomic mass is 10.1. The number of nitrogens with zero attached hydrogens (tertiary/aromatic N) is 3. The van der Waals surface area contributed by atoms with Crippen LogP contribution in [-0.4, -0.2) is 58.9 Å². The minimum atomic E-state index is -0.964. The van der Waals surface area contributed by atoms with Gasteiger partial charge in [0.05, 0.1) is 11.6 Å². The minimum absolute atomic E-state index is 0.0498. The third-order valence-corrected chi connectivity index (χ3v) is 6.76. The number of halogens is 2. The molecule has 2 heterocycles. The van der Waals surface area contributed by atoms with Crippen molar-refractivity contribution in [2.45, 2.75) is 19.9 Å². The Labute approximate surface area is 205 Å². The summed E-state index contributed by atoms with van der Waals surface area (Å²) in [5.41, 5.74) is 6.30. The molecule has 1 amide bonds. The average molecular weight is 501 g/mol. The monoisotopic (exact) mass is 500 g/mol. The van der Waals surface area contributed by atoms with E-state index in [9.17, 15) is 18.4 Å². The van der Waals surface area contributed by atoms with Crippen LogP contribution < -0.4 is 16.4 Å². The quantitative estimate of drug-likeness (QED) is 0.406. The van der Waals surface area contributed by atoms with Gasteiger partial charge >= 0.3 is 0 Å². The van der Waals surface area contributed by atoms with Gasteiger partial charge in [-0.1, -0.05) is 31.3 Å². The summed E-state index contributed by atoms with van der Waals surface area (Å²) in [6.45, 7) is 7.52. The number of aromatic nitrogens is 1. The first kappa shape index (κ1) is 24.7. The van der Waals surface area contributed by atoms with Gasteiger partial charge in [-0.15, -0.1) is 0 Å². The Morgan fingerprint density at radius 1 is 1.06 bits per heavy atom. The number of carbonyl (C=O) groups excluding carboxylic acids is 2. The first-order chi connectivity index (χ1) is 16.8. The summed E-state index contributed by atoms with van der Waals surface area (Å²) in [6.07, 6.45) is 0. The number of benzene rings is 2. The van der Waals surface area contributed by atoms with Gasteiger partial charge in [0.2, 0.25) is 5.78 Å². The number of likely N-dealkylation sites (N-methyl/N-ethyl adjacent to an activating group) is 2. The van der Waals surface area contributed by atoms with Crippen LogP contribution in [0.25, 0.3) is 0 Å². The van der Waals surface area contributed by atoms with Crippen molar-refractivity contribution in [3.63, 3.8) is 0 Å². The van der Waals surface area contributed by atoms with E-state index in [2.05, 4.69) is 39.5 Å². The van der Waals surface area contributed by atoms with Crippen LogP contribution in [0, 0.1) is 11.6 Å². The fourth-order valence-electron chi connectivity index (χ4n) is 4.02. The van der Waals surface area contributed by atoms with Crippen LogP contribution in [0.2, 0.25) is 0 Å². The highest BCUT2D eigenvalue weighted by atomic mass is 32.1. The fourth-order valence-corrected chi connectivity index (χ4v) is 4.87. The van der Waals surface area contributed by atoms with E-state index >= 15 is 0 Å². The molecule has 0 spiro atoms. The Morgan fingerprint density at radius 3 is 2.23 bits per heavy atom. The Kier molecular flexibility index (Phi) is 7.39. The molecule has 4 N–H and O–H groups in total. The summed E-state index contributed by atoms with van der Waals surface area (Å²) in [4.78, 5) is 29.4. The second kappa shape index (κ2) is 10.5. The van der Waals surface area contributed by atoms with Gasteiger partial charge in [0.15, 0.2) is 5.13 Å². The van der Waals surface area contributed by atoms with E-state index in [1.165, 1.54) is 6.07 Å². The summed E-state index contributed by atoms with van der Waals surface area (Å²) in [7, 11) is 0. The predicted octanol–water partition coefficient (Wildman–Crippen LogP) is 3.65. The molecule has 0 radical (unpaired) electrons. The number of hydrogen-bond acceptors (Lipinski definition) is 8. The van der Waals surface area contributed by atoms with Gasteiger partial charge in [0.1, 0.15) is 22.3 Å². The van der Waals surface area contributed by atoms with Gasteiger partial charge in [-0.05, 0) is 36.4 Å². The van der Waals surface area contributed by atoms with Gasteiger partial charge in [-0.3, -0.25) is 9.59 Å². The zero-order chi connectivity index (χ0) is 25.1. The number of nitrogens with one attached hydrogen (secondary N) is 2. The number of amides is 1. The van der Waals surface area contributed by atoms with E-state index in [0.29, 0.717) is 11.3 Å². The number of thiazole rings is 1. The molecule has 0 saturated carbocycles. The molecule has 35 heavy (non-hydrogen) atoms. The van der Waals surface area contributed by atoms with Crippen molar-refractivity contribution in [2.75, 3.05) is 37.2 Å². The van der Waals surface area contributed by atoms with Gasteiger partial charge in [0.25, 0.3) is 5.91 Å². The molecule has 1 saturated heterocycles. The molecule has 0 bridgehead atoms. The standard InChI is InChI=1S/C24H26F2N6O2S/c1-3-31-12-16(13-32(31)4-2)28-23(34)14-8-10-15(11-9-14)29-24-30-22(27)21(35-24)20(33)19-17(25)6-5-7-18(19)26/h5-11,16H,3-4,12-13,27H2,1-2H3,(H,28,34)(H,29,30). The van der Waals surface area contributed by atoms with Crippen LogP contribution in [0.15, 0.2) is 42.5 Å². The molecule has 1 aliphatic heterocycles. The van der Waals surface area contributed by atoms with Crippen LogP contribution in [0.1, 0.15) is 39.4 Å². The normalized spacial score (nSPS) is 14.9. The van der Waals surface area contributed by atoms with Crippen molar-refractivity contribution in [3.05, 3.63) is 70.1 Å². The van der Waals surface area contributed by atoms with Gasteiger partial charge in [-0.25, -0.2) is 23.8 Å². The largest absolute Gasteiger partial charge is 0.382 e. The third kappa shape index (κ3) is 5.31. The van der Waals surface area contributed by atoms with E-state index in [0.717, 1.165) is 49.6 Å². The Hall–Kier alpha value is -3.41. The highest BCUT2D eigenvalue weighted by Gasteiger charge is 2.29. The first-order valence-electron chi connectivity index (χ1n) is 11.2. The predicted molar refractivity (Wildman–Crippen MR) is 132 cm³/mol. The maximum atomic E-state index is 14.0. The van der Waals surface area contributed by atoms with E-state index in [1.807, 2.05) is 0 Å². The Bertz CT molecular complexity index is 1200. The Balaban J connectivity index is 1.41. The van der Waals surface area contributed by atoms with Crippen LogP contribution in [0.4, 0.5) is 25.4 Å². The molecule has 11 heteroatoms. The molecule has 0 atom stereocenters. The zero-order valence-electron chi connectivity index (χ0n) is 19.3. The van der Waals surface area contributed by atoms with Gasteiger partial charge < -0.3 is 16.4 Å².